The van der Waals surface area contributed by atoms with Crippen molar-refractivity contribution >= 4 is 0 Å². The zero-order valence-corrected chi connectivity index (χ0v) is 5.29. The lowest BCUT2D eigenvalue weighted by molar-refractivity contribution is 0.483. The minimum Gasteiger partial charge on any atom is -0.369 e. The van der Waals surface area contributed by atoms with Gasteiger partial charge in [0.15, 0.2) is 0 Å². The molecule has 50 valence electrons. The fourth-order valence-corrected chi connectivity index (χ4v) is 0.801. The first-order chi connectivity index (χ1) is 4.34. The highest BCUT2D eigenvalue weighted by atomic mass is 16.2. The first kappa shape index (κ1) is 6.07. The summed E-state index contributed by atoms with van der Waals surface area (Å²) in [4.78, 5) is 11.7. The van der Waals surface area contributed by atoms with Gasteiger partial charge in [0.1, 0.15) is 12.0 Å². The summed E-state index contributed by atoms with van der Waals surface area (Å²) in [5, 5.41) is 5.65. The number of nitrogens with one attached hydrogen (secondary N) is 1. The molecular formula is C5H9N3O. The van der Waals surface area contributed by atoms with Crippen LogP contribution in [0.1, 0.15) is 0 Å². The van der Waals surface area contributed by atoms with Crippen LogP contribution in [-0.4, -0.2) is 25.0 Å². The molecule has 0 spiro atoms. The fraction of sp³-hybridized carbons (Fsp3) is 0.600. The summed E-state index contributed by atoms with van der Waals surface area (Å²) in [6.45, 7) is 1.85. The molecule has 0 aromatic rings. The Bertz CT molecular complexity index is 143. The number of hydrogen-bond acceptors (Lipinski definition) is 4. The topological polar surface area (TPSA) is 44.7 Å². The van der Waals surface area contributed by atoms with Crippen molar-refractivity contribution in [3.8, 4) is 0 Å². The van der Waals surface area contributed by atoms with Crippen LogP contribution >= 0.6 is 0 Å². The Balaban J connectivity index is 2.58. The Morgan fingerprint density at radius 3 is 3.11 bits per heavy atom. The van der Waals surface area contributed by atoms with Crippen molar-refractivity contribution < 1.29 is 0 Å². The highest BCUT2D eigenvalue weighted by molar-refractivity contribution is 5.01. The summed E-state index contributed by atoms with van der Waals surface area (Å²) in [7, 11) is 1.91. The second-order valence-corrected chi connectivity index (χ2v) is 1.97. The van der Waals surface area contributed by atoms with Crippen molar-refractivity contribution in [1.29, 1.82) is 0 Å². The average molecular weight is 127 g/mol. The third-order valence-corrected chi connectivity index (χ3v) is 1.34. The van der Waals surface area contributed by atoms with Crippen LogP contribution in [0.4, 0.5) is 0 Å². The van der Waals surface area contributed by atoms with Gasteiger partial charge in [-0.1, -0.05) is 0 Å². The van der Waals surface area contributed by atoms with E-state index in [2.05, 4.69) is 10.5 Å². The Labute approximate surface area is 53.5 Å². The van der Waals surface area contributed by atoms with Crippen LogP contribution in [0.25, 0.3) is 0 Å². The molecule has 0 bridgehead atoms. The van der Waals surface area contributed by atoms with Gasteiger partial charge in [0.05, 0.1) is 0 Å². The third-order valence-electron chi connectivity index (χ3n) is 1.34. The van der Waals surface area contributed by atoms with Crippen molar-refractivity contribution in [2.45, 2.75) is 0 Å². The largest absolute Gasteiger partial charge is 0.369 e. The van der Waals surface area contributed by atoms with Gasteiger partial charge >= 0.3 is 0 Å². The maximum atomic E-state index is 9.71. The highest BCUT2D eigenvalue weighted by Gasteiger charge is 2.09. The zero-order valence-electron chi connectivity index (χ0n) is 5.29. The summed E-state index contributed by atoms with van der Waals surface area (Å²) < 4.78 is 0. The second-order valence-electron chi connectivity index (χ2n) is 1.97. The lowest BCUT2D eigenvalue weighted by Gasteiger charge is -2.08. The molecule has 0 amide bonds. The van der Waals surface area contributed by atoms with Crippen LogP contribution < -0.4 is 5.32 Å². The van der Waals surface area contributed by atoms with Crippen LogP contribution in [0.3, 0.4) is 0 Å². The molecule has 1 heterocycles. The van der Waals surface area contributed by atoms with E-state index in [-0.39, 0.29) is 0 Å². The van der Waals surface area contributed by atoms with E-state index < -0.39 is 0 Å². The highest BCUT2D eigenvalue weighted by Crippen LogP contribution is 2.01. The summed E-state index contributed by atoms with van der Waals surface area (Å²) in [6, 6.07) is 0. The summed E-state index contributed by atoms with van der Waals surface area (Å²) in [6.07, 6.45) is 1.28. The van der Waals surface area contributed by atoms with Gasteiger partial charge in [-0.2, -0.15) is 0 Å². The zero-order chi connectivity index (χ0) is 6.69. The first-order valence-corrected chi connectivity index (χ1v) is 2.82. The smallest absolute Gasteiger partial charge is 0.124 e. The maximum absolute atomic E-state index is 9.71. The van der Waals surface area contributed by atoms with Crippen molar-refractivity contribution in [3.63, 3.8) is 0 Å². The Hall–Kier alpha value is -1.06. The van der Waals surface area contributed by atoms with Gasteiger partial charge in [0, 0.05) is 20.1 Å². The van der Waals surface area contributed by atoms with Crippen LogP contribution in [0.5, 0.6) is 0 Å². The van der Waals surface area contributed by atoms with Crippen molar-refractivity contribution in [2.75, 3.05) is 20.1 Å². The Morgan fingerprint density at radius 2 is 2.67 bits per heavy atom. The van der Waals surface area contributed by atoms with E-state index in [0.29, 0.717) is 0 Å². The van der Waals surface area contributed by atoms with Gasteiger partial charge in [-0.3, -0.25) is 0 Å². The Morgan fingerprint density at radius 1 is 1.89 bits per heavy atom. The van der Waals surface area contributed by atoms with Crippen LogP contribution in [0.15, 0.2) is 17.2 Å². The van der Waals surface area contributed by atoms with E-state index in [1.54, 1.807) is 0 Å². The first-order valence-electron chi connectivity index (χ1n) is 2.82. The maximum Gasteiger partial charge on any atom is 0.124 e. The van der Waals surface area contributed by atoms with Crippen molar-refractivity contribution in [3.05, 3.63) is 16.9 Å². The summed E-state index contributed by atoms with van der Waals surface area (Å²) >= 11 is 0. The van der Waals surface area contributed by atoms with E-state index in [1.165, 1.54) is 6.20 Å². The molecule has 0 atom stereocenters. The minimum atomic E-state index is 0.810. The number of hydrogen-bond donors (Lipinski definition) is 1. The number of nitrogens with zero attached hydrogens (tertiary/aromatic N) is 2. The van der Waals surface area contributed by atoms with E-state index >= 15 is 0 Å². The van der Waals surface area contributed by atoms with Crippen LogP contribution in [0.2, 0.25) is 0 Å². The van der Waals surface area contributed by atoms with Crippen LogP contribution in [0, 0.1) is 4.91 Å². The molecule has 0 unspecified atom stereocenters. The standard InChI is InChI=1S/C5H9N3O/c1-8-3-2-6-5(8)4-7-9/h4,6H,2-3H2,1H3/b5-4+. The molecule has 0 radical (unpaired) electrons. The molecule has 1 fully saturated rings. The van der Waals surface area contributed by atoms with E-state index in [9.17, 15) is 4.91 Å². The SMILES string of the molecule is CN1CCN/C1=C\N=O. The monoisotopic (exact) mass is 127 g/mol. The molecule has 0 saturated carbocycles. The molecule has 1 saturated heterocycles. The summed E-state index contributed by atoms with van der Waals surface area (Å²) in [5.41, 5.74) is 0. The van der Waals surface area contributed by atoms with Gasteiger partial charge < -0.3 is 10.2 Å². The number of nitroso groups, excluding NO2 is 1. The lowest BCUT2D eigenvalue weighted by Crippen LogP contribution is -2.13. The molecule has 0 aromatic heterocycles. The minimum absolute atomic E-state index is 0.810. The van der Waals surface area contributed by atoms with Gasteiger partial charge in [-0.25, -0.2) is 0 Å². The van der Waals surface area contributed by atoms with E-state index in [1.807, 2.05) is 11.9 Å². The number of likely N-dealkylation sites (N-methyl/N-ethyl adjacent to an activating group) is 1. The van der Waals surface area contributed by atoms with E-state index in [0.717, 1.165) is 18.9 Å². The van der Waals surface area contributed by atoms with Gasteiger partial charge in [-0.15, -0.1) is 4.91 Å². The molecule has 9 heavy (non-hydrogen) atoms. The predicted octanol–water partition coefficient (Wildman–Crippen LogP) is 0.0867. The van der Waals surface area contributed by atoms with Gasteiger partial charge in [0.2, 0.25) is 0 Å². The average Bonchev–Trinajstić information content (AvgIpc) is 2.18. The molecule has 0 aromatic carbocycles. The quantitative estimate of drug-likeness (QED) is 0.507. The molecule has 1 aliphatic rings. The van der Waals surface area contributed by atoms with Gasteiger partial charge in [-0.05, 0) is 5.18 Å². The molecule has 1 rings (SSSR count). The van der Waals surface area contributed by atoms with Crippen LogP contribution in [-0.2, 0) is 0 Å². The van der Waals surface area contributed by atoms with Gasteiger partial charge in [0.25, 0.3) is 0 Å². The normalized spacial score (nSPS) is 22.3. The third kappa shape index (κ3) is 1.19. The fourth-order valence-electron chi connectivity index (χ4n) is 0.801. The summed E-state index contributed by atoms with van der Waals surface area (Å²) in [5.74, 6) is 0.810. The second kappa shape index (κ2) is 2.48. The Kier molecular flexibility index (Phi) is 1.67. The number of rotatable bonds is 1. The van der Waals surface area contributed by atoms with E-state index in [4.69, 9.17) is 0 Å². The molecular weight excluding hydrogens is 118 g/mol. The molecule has 0 aliphatic carbocycles. The molecule has 4 nitrogen and oxygen atoms in total. The van der Waals surface area contributed by atoms with Crippen molar-refractivity contribution in [1.82, 2.24) is 10.2 Å². The lowest BCUT2D eigenvalue weighted by atomic mass is 10.6. The van der Waals surface area contributed by atoms with Crippen molar-refractivity contribution in [2.24, 2.45) is 5.18 Å². The predicted molar refractivity (Wildman–Crippen MR) is 34.5 cm³/mol. The molecule has 1 aliphatic heterocycles. The molecule has 4 heteroatoms. The molecule has 1 N–H and O–H groups in total.